The lowest BCUT2D eigenvalue weighted by molar-refractivity contribution is 0.137. The number of anilines is 1. The fourth-order valence-corrected chi connectivity index (χ4v) is 6.07. The fraction of sp³-hybridized carbons (Fsp3) is 0.429. The summed E-state index contributed by atoms with van der Waals surface area (Å²) < 4.78 is 47.3. The van der Waals surface area contributed by atoms with E-state index in [1.165, 1.54) is 12.1 Å². The minimum Gasteiger partial charge on any atom is -0.484 e. The number of ether oxygens (including phenoxy) is 1. The van der Waals surface area contributed by atoms with Gasteiger partial charge in [0.2, 0.25) is 5.95 Å². The van der Waals surface area contributed by atoms with Crippen LogP contribution in [-0.4, -0.2) is 39.6 Å². The Hall–Kier alpha value is -2.87. The van der Waals surface area contributed by atoms with Crippen molar-refractivity contribution in [3.8, 4) is 16.9 Å². The molecule has 36 heavy (non-hydrogen) atoms. The molecule has 0 N–H and O–H groups in total. The molecule has 1 aliphatic heterocycles. The third-order valence-electron chi connectivity index (χ3n) is 7.66. The Morgan fingerprint density at radius 2 is 1.61 bits per heavy atom. The van der Waals surface area contributed by atoms with Crippen molar-refractivity contribution in [2.75, 3.05) is 24.2 Å². The standard InChI is InChI=1S/C28H31F2N3O2S/c1-4-18-13-31-28(32-14-18)33-15-22-9-20(10-23(22)16-33)17(2)35-27-25(29)11-21(12-26(27)30)19-5-7-24(8-6-19)36(3)34/h5-8,11-14,17,20,22-23H,4,9-10,15-16H2,1-3H3/t17-,20?,22-,23?,36?/m0/s1. The minimum absolute atomic E-state index is 0.242. The first-order valence-corrected chi connectivity index (χ1v) is 14.0. The van der Waals surface area contributed by atoms with Gasteiger partial charge < -0.3 is 9.64 Å². The van der Waals surface area contributed by atoms with Gasteiger partial charge in [-0.15, -0.1) is 0 Å². The SMILES string of the molecule is CCc1cnc(N2CC3CC([C@H](C)Oc4c(F)cc(-c5ccc(S(C)=O)cc5)cc4F)C[C@H]3C2)nc1. The van der Waals surface area contributed by atoms with Crippen LogP contribution in [0.15, 0.2) is 53.7 Å². The van der Waals surface area contributed by atoms with Crippen molar-refractivity contribution < 1.29 is 17.7 Å². The Morgan fingerprint density at radius 3 is 2.14 bits per heavy atom. The molecule has 0 spiro atoms. The minimum atomic E-state index is -1.11. The van der Waals surface area contributed by atoms with Gasteiger partial charge in [-0.05, 0) is 84.9 Å². The number of hydrogen-bond acceptors (Lipinski definition) is 5. The molecule has 8 heteroatoms. The Labute approximate surface area is 213 Å². The second-order valence-electron chi connectivity index (χ2n) is 9.97. The monoisotopic (exact) mass is 511 g/mol. The Morgan fingerprint density at radius 1 is 1.03 bits per heavy atom. The highest BCUT2D eigenvalue weighted by molar-refractivity contribution is 7.84. The molecule has 2 aromatic carbocycles. The van der Waals surface area contributed by atoms with Crippen molar-refractivity contribution in [1.82, 2.24) is 9.97 Å². The van der Waals surface area contributed by atoms with Gasteiger partial charge in [0, 0.05) is 47.4 Å². The summed E-state index contributed by atoms with van der Waals surface area (Å²) in [7, 11) is -1.11. The second-order valence-corrected chi connectivity index (χ2v) is 11.4. The largest absolute Gasteiger partial charge is 0.484 e. The van der Waals surface area contributed by atoms with E-state index in [9.17, 15) is 13.0 Å². The number of nitrogens with zero attached hydrogens (tertiary/aromatic N) is 3. The normalized spacial score (nSPS) is 22.9. The number of aromatic nitrogens is 2. The highest BCUT2D eigenvalue weighted by atomic mass is 32.2. The van der Waals surface area contributed by atoms with Crippen LogP contribution in [0.5, 0.6) is 5.75 Å². The van der Waals surface area contributed by atoms with Crippen molar-refractivity contribution in [3.63, 3.8) is 0 Å². The number of halogens is 2. The Kier molecular flexibility index (Phi) is 7.06. The molecule has 1 saturated carbocycles. The number of aryl methyl sites for hydroxylation is 1. The predicted molar refractivity (Wildman–Crippen MR) is 138 cm³/mol. The van der Waals surface area contributed by atoms with Crippen molar-refractivity contribution in [2.45, 2.75) is 44.1 Å². The molecule has 2 aliphatic rings. The molecule has 1 saturated heterocycles. The van der Waals surface area contributed by atoms with Crippen LogP contribution in [0.2, 0.25) is 0 Å². The highest BCUT2D eigenvalue weighted by Crippen LogP contribution is 2.44. The fourth-order valence-electron chi connectivity index (χ4n) is 5.55. The summed E-state index contributed by atoms with van der Waals surface area (Å²) in [5, 5.41) is 0. The Balaban J connectivity index is 1.22. The van der Waals surface area contributed by atoms with Gasteiger partial charge in [-0.2, -0.15) is 0 Å². The topological polar surface area (TPSA) is 55.3 Å². The summed E-state index contributed by atoms with van der Waals surface area (Å²) in [6, 6.07) is 9.45. The van der Waals surface area contributed by atoms with Gasteiger partial charge in [-0.1, -0.05) is 19.1 Å². The predicted octanol–water partition coefficient (Wildman–Crippen LogP) is 5.65. The molecule has 5 rings (SSSR count). The molecule has 5 nitrogen and oxygen atoms in total. The molecule has 1 aliphatic carbocycles. The Bertz CT molecular complexity index is 1220. The molecule has 0 bridgehead atoms. The molecular formula is C28H31F2N3O2S. The van der Waals surface area contributed by atoms with E-state index in [1.807, 2.05) is 19.3 Å². The number of benzene rings is 2. The summed E-state index contributed by atoms with van der Waals surface area (Å²) in [4.78, 5) is 12.0. The maximum absolute atomic E-state index is 14.9. The molecule has 1 aromatic heterocycles. The maximum Gasteiger partial charge on any atom is 0.225 e. The van der Waals surface area contributed by atoms with Crippen molar-refractivity contribution in [3.05, 3.63) is 66.0 Å². The van der Waals surface area contributed by atoms with Crippen LogP contribution in [0, 0.1) is 29.4 Å². The van der Waals surface area contributed by atoms with E-state index < -0.39 is 22.4 Å². The first-order chi connectivity index (χ1) is 17.3. The quantitative estimate of drug-likeness (QED) is 0.410. The van der Waals surface area contributed by atoms with E-state index in [4.69, 9.17) is 4.74 Å². The summed E-state index contributed by atoms with van der Waals surface area (Å²) in [5.74, 6) is 0.298. The van der Waals surface area contributed by atoms with Crippen molar-refractivity contribution in [1.29, 1.82) is 0 Å². The molecule has 2 fully saturated rings. The lowest BCUT2D eigenvalue weighted by Crippen LogP contribution is -2.27. The highest BCUT2D eigenvalue weighted by Gasteiger charge is 2.43. The molecule has 3 aromatic rings. The number of hydrogen-bond donors (Lipinski definition) is 0. The average molecular weight is 512 g/mol. The van der Waals surface area contributed by atoms with Crippen LogP contribution in [-0.2, 0) is 17.2 Å². The maximum atomic E-state index is 14.9. The smallest absolute Gasteiger partial charge is 0.225 e. The molecule has 2 heterocycles. The van der Waals surface area contributed by atoms with Gasteiger partial charge in [0.1, 0.15) is 0 Å². The van der Waals surface area contributed by atoms with Crippen molar-refractivity contribution >= 4 is 16.7 Å². The molecular weight excluding hydrogens is 480 g/mol. The van der Waals surface area contributed by atoms with Gasteiger partial charge in [-0.25, -0.2) is 18.7 Å². The number of fused-ring (bicyclic) bond motifs is 1. The van der Waals surface area contributed by atoms with Crippen LogP contribution in [0.3, 0.4) is 0 Å². The zero-order valence-electron chi connectivity index (χ0n) is 20.8. The van der Waals surface area contributed by atoms with Crippen LogP contribution >= 0.6 is 0 Å². The zero-order chi connectivity index (χ0) is 25.4. The van der Waals surface area contributed by atoms with E-state index >= 15 is 0 Å². The van der Waals surface area contributed by atoms with E-state index in [0.717, 1.165) is 43.9 Å². The third-order valence-corrected chi connectivity index (χ3v) is 8.59. The summed E-state index contributed by atoms with van der Waals surface area (Å²) >= 11 is 0. The van der Waals surface area contributed by atoms with Gasteiger partial charge in [0.05, 0.1) is 6.10 Å². The van der Waals surface area contributed by atoms with Gasteiger partial charge >= 0.3 is 0 Å². The summed E-state index contributed by atoms with van der Waals surface area (Å²) in [6.07, 6.45) is 7.93. The number of rotatable bonds is 7. The summed E-state index contributed by atoms with van der Waals surface area (Å²) in [5.41, 5.74) is 2.20. The van der Waals surface area contributed by atoms with E-state index in [-0.39, 0.29) is 17.8 Å². The van der Waals surface area contributed by atoms with Gasteiger partial charge in [-0.3, -0.25) is 4.21 Å². The molecule has 5 atom stereocenters. The lowest BCUT2D eigenvalue weighted by atomic mass is 9.99. The first-order valence-electron chi connectivity index (χ1n) is 12.5. The van der Waals surface area contributed by atoms with Crippen LogP contribution in [0.4, 0.5) is 14.7 Å². The van der Waals surface area contributed by atoms with E-state index in [1.54, 1.807) is 30.5 Å². The van der Waals surface area contributed by atoms with Gasteiger partial charge in [0.15, 0.2) is 17.4 Å². The third kappa shape index (κ3) is 5.01. The zero-order valence-corrected chi connectivity index (χ0v) is 21.6. The summed E-state index contributed by atoms with van der Waals surface area (Å²) in [6.45, 7) is 5.80. The van der Waals surface area contributed by atoms with Crippen LogP contribution < -0.4 is 9.64 Å². The molecule has 0 radical (unpaired) electrons. The second kappa shape index (κ2) is 10.2. The molecule has 190 valence electrons. The molecule has 0 amide bonds. The first kappa shape index (κ1) is 24.8. The van der Waals surface area contributed by atoms with Crippen LogP contribution in [0.25, 0.3) is 11.1 Å². The molecule has 3 unspecified atom stereocenters. The van der Waals surface area contributed by atoms with Gasteiger partial charge in [0.25, 0.3) is 0 Å². The average Bonchev–Trinajstić information content (AvgIpc) is 3.46. The van der Waals surface area contributed by atoms with Crippen molar-refractivity contribution in [2.24, 2.45) is 17.8 Å². The van der Waals surface area contributed by atoms with Crippen LogP contribution in [0.1, 0.15) is 32.3 Å². The van der Waals surface area contributed by atoms with E-state index in [0.29, 0.717) is 27.9 Å². The lowest BCUT2D eigenvalue weighted by Gasteiger charge is -2.24. The van der Waals surface area contributed by atoms with E-state index in [2.05, 4.69) is 21.8 Å².